The molecule has 1 fully saturated rings. The van der Waals surface area contributed by atoms with Crippen LogP contribution >= 0.6 is 11.6 Å². The molecule has 2 unspecified atom stereocenters. The highest BCUT2D eigenvalue weighted by Gasteiger charge is 2.30. The molecule has 0 aliphatic carbocycles. The molecular weight excluding hydrogens is 264 g/mol. The van der Waals surface area contributed by atoms with Gasteiger partial charge >= 0.3 is 0 Å². The summed E-state index contributed by atoms with van der Waals surface area (Å²) >= 11 is 6.15. The number of likely N-dealkylation sites (N-methyl/N-ethyl adjacent to an activating group) is 1. The van der Waals surface area contributed by atoms with E-state index in [0.29, 0.717) is 17.2 Å². The van der Waals surface area contributed by atoms with Crippen LogP contribution in [0.2, 0.25) is 5.02 Å². The lowest BCUT2D eigenvalue weighted by atomic mass is 9.96. The van der Waals surface area contributed by atoms with Crippen molar-refractivity contribution in [1.82, 2.24) is 4.90 Å². The molecule has 1 aromatic rings. The van der Waals surface area contributed by atoms with Crippen LogP contribution in [0.5, 0.6) is 5.75 Å². The number of halogens is 1. The zero-order valence-electron chi connectivity index (χ0n) is 11.2. The molecule has 19 heavy (non-hydrogen) atoms. The summed E-state index contributed by atoms with van der Waals surface area (Å²) in [7, 11) is 3.38. The van der Waals surface area contributed by atoms with Gasteiger partial charge in [0.15, 0.2) is 0 Å². The van der Waals surface area contributed by atoms with Crippen molar-refractivity contribution in [2.45, 2.75) is 31.3 Å². The summed E-state index contributed by atoms with van der Waals surface area (Å²) in [6.45, 7) is 0. The lowest BCUT2D eigenvalue weighted by Gasteiger charge is -2.31. The molecule has 2 rings (SSSR count). The lowest BCUT2D eigenvalue weighted by molar-refractivity contribution is -0.131. The first kappa shape index (κ1) is 14.2. The minimum atomic E-state index is -0.126. The van der Waals surface area contributed by atoms with Gasteiger partial charge in [-0.1, -0.05) is 17.7 Å². The molecule has 0 radical (unpaired) electrons. The fourth-order valence-corrected chi connectivity index (χ4v) is 2.87. The minimum Gasteiger partial charge on any atom is -0.495 e. The van der Waals surface area contributed by atoms with Crippen LogP contribution in [0.1, 0.15) is 30.9 Å². The number of rotatable bonds is 2. The second-order valence-electron chi connectivity index (χ2n) is 4.90. The lowest BCUT2D eigenvalue weighted by Crippen LogP contribution is -2.39. The van der Waals surface area contributed by atoms with Gasteiger partial charge in [-0.05, 0) is 30.5 Å². The zero-order valence-corrected chi connectivity index (χ0v) is 12.0. The van der Waals surface area contributed by atoms with Crippen molar-refractivity contribution in [2.24, 2.45) is 5.73 Å². The monoisotopic (exact) mass is 282 g/mol. The number of hydrogen-bond donors (Lipinski definition) is 1. The fraction of sp³-hybridized carbons (Fsp3) is 0.500. The van der Waals surface area contributed by atoms with Gasteiger partial charge in [-0.25, -0.2) is 0 Å². The summed E-state index contributed by atoms with van der Waals surface area (Å²) in [4.78, 5) is 13.7. The van der Waals surface area contributed by atoms with E-state index in [-0.39, 0.29) is 18.0 Å². The highest BCUT2D eigenvalue weighted by atomic mass is 35.5. The average Bonchev–Trinajstić information content (AvgIpc) is 2.50. The van der Waals surface area contributed by atoms with Crippen LogP contribution in [0.15, 0.2) is 18.2 Å². The topological polar surface area (TPSA) is 55.6 Å². The highest BCUT2D eigenvalue weighted by molar-refractivity contribution is 6.32. The first-order valence-corrected chi connectivity index (χ1v) is 6.77. The Morgan fingerprint density at radius 1 is 1.47 bits per heavy atom. The summed E-state index contributed by atoms with van der Waals surface area (Å²) in [5, 5.41) is 0.539. The molecule has 1 aliphatic rings. The second kappa shape index (κ2) is 5.80. The number of ether oxygens (including phenoxy) is 1. The minimum absolute atomic E-state index is 0.0686. The molecular formula is C14H19ClN2O2. The van der Waals surface area contributed by atoms with Gasteiger partial charge in [0.05, 0.1) is 18.2 Å². The zero-order chi connectivity index (χ0) is 14.0. The van der Waals surface area contributed by atoms with Crippen molar-refractivity contribution in [2.75, 3.05) is 14.2 Å². The maximum Gasteiger partial charge on any atom is 0.222 e. The summed E-state index contributed by atoms with van der Waals surface area (Å²) < 4.78 is 5.14. The molecule has 1 amide bonds. The van der Waals surface area contributed by atoms with E-state index < -0.39 is 0 Å². The Bertz CT molecular complexity index is 479. The third kappa shape index (κ3) is 2.85. The smallest absolute Gasteiger partial charge is 0.222 e. The van der Waals surface area contributed by atoms with Crippen LogP contribution in [0, 0.1) is 0 Å². The predicted molar refractivity (Wildman–Crippen MR) is 75.3 cm³/mol. The van der Waals surface area contributed by atoms with Crippen LogP contribution < -0.4 is 10.5 Å². The van der Waals surface area contributed by atoms with Crippen LogP contribution in [0.25, 0.3) is 0 Å². The summed E-state index contributed by atoms with van der Waals surface area (Å²) in [5.74, 6) is 0.756. The van der Waals surface area contributed by atoms with Gasteiger partial charge in [-0.3, -0.25) is 4.79 Å². The number of nitrogens with zero attached hydrogens (tertiary/aromatic N) is 1. The maximum absolute atomic E-state index is 12.0. The Hall–Kier alpha value is -1.26. The first-order valence-electron chi connectivity index (χ1n) is 6.39. The molecule has 2 N–H and O–H groups in total. The van der Waals surface area contributed by atoms with E-state index in [1.807, 2.05) is 18.2 Å². The predicted octanol–water partition coefficient (Wildman–Crippen LogP) is 2.36. The van der Waals surface area contributed by atoms with Crippen molar-refractivity contribution in [3.63, 3.8) is 0 Å². The van der Waals surface area contributed by atoms with Gasteiger partial charge in [0.1, 0.15) is 5.75 Å². The summed E-state index contributed by atoms with van der Waals surface area (Å²) in [5.41, 5.74) is 7.17. The fourth-order valence-electron chi connectivity index (χ4n) is 2.60. The Balaban J connectivity index is 2.36. The molecule has 1 aromatic carbocycles. The number of amides is 1. The molecule has 0 aromatic heterocycles. The summed E-state index contributed by atoms with van der Waals surface area (Å²) in [6, 6.07) is 5.37. The van der Waals surface area contributed by atoms with Gasteiger partial charge < -0.3 is 15.4 Å². The SMILES string of the molecule is COc1ccc(C2C(N)CCCC(=O)N2C)cc1Cl. The first-order chi connectivity index (χ1) is 9.04. The van der Waals surface area contributed by atoms with Crippen LogP contribution in [0.4, 0.5) is 0 Å². The van der Waals surface area contributed by atoms with E-state index in [9.17, 15) is 4.79 Å². The molecule has 1 aliphatic heterocycles. The van der Waals surface area contributed by atoms with Crippen molar-refractivity contribution in [3.05, 3.63) is 28.8 Å². The number of benzene rings is 1. The number of carbonyl (C=O) groups excluding carboxylic acids is 1. The molecule has 1 saturated heterocycles. The van der Waals surface area contributed by atoms with Gasteiger partial charge in [-0.2, -0.15) is 0 Å². The molecule has 0 bridgehead atoms. The Morgan fingerprint density at radius 2 is 2.21 bits per heavy atom. The van der Waals surface area contributed by atoms with Gasteiger partial charge in [0, 0.05) is 19.5 Å². The third-order valence-electron chi connectivity index (χ3n) is 3.66. The van der Waals surface area contributed by atoms with Crippen molar-refractivity contribution in [3.8, 4) is 5.75 Å². The van der Waals surface area contributed by atoms with E-state index in [4.69, 9.17) is 22.1 Å². The van der Waals surface area contributed by atoms with Crippen molar-refractivity contribution in [1.29, 1.82) is 0 Å². The molecule has 1 heterocycles. The van der Waals surface area contributed by atoms with Gasteiger partial charge in [0.2, 0.25) is 5.91 Å². The van der Waals surface area contributed by atoms with Crippen LogP contribution in [-0.4, -0.2) is 31.0 Å². The third-order valence-corrected chi connectivity index (χ3v) is 3.96. The Morgan fingerprint density at radius 3 is 2.84 bits per heavy atom. The van der Waals surface area contributed by atoms with E-state index in [1.54, 1.807) is 19.1 Å². The molecule has 104 valence electrons. The number of nitrogens with two attached hydrogens (primary N) is 1. The Labute approximate surface area is 118 Å². The molecule has 0 spiro atoms. The normalized spacial score (nSPS) is 24.2. The van der Waals surface area contributed by atoms with E-state index in [1.165, 1.54) is 0 Å². The number of carbonyl (C=O) groups is 1. The van der Waals surface area contributed by atoms with Gasteiger partial charge in [0.25, 0.3) is 0 Å². The largest absolute Gasteiger partial charge is 0.495 e. The van der Waals surface area contributed by atoms with Crippen LogP contribution in [-0.2, 0) is 4.79 Å². The van der Waals surface area contributed by atoms with Crippen molar-refractivity contribution < 1.29 is 9.53 Å². The number of methoxy groups -OCH3 is 1. The number of likely N-dealkylation sites (tertiary alicyclic amines) is 1. The number of hydrogen-bond acceptors (Lipinski definition) is 3. The van der Waals surface area contributed by atoms with E-state index in [2.05, 4.69) is 0 Å². The standard InChI is InChI=1S/C14H19ClN2O2/c1-17-13(18)5-3-4-11(16)14(17)9-6-7-12(19-2)10(15)8-9/h6-8,11,14H,3-5,16H2,1-2H3. The summed E-state index contributed by atoms with van der Waals surface area (Å²) in [6.07, 6.45) is 2.24. The quantitative estimate of drug-likeness (QED) is 0.906. The Kier molecular flexibility index (Phi) is 4.32. The highest BCUT2D eigenvalue weighted by Crippen LogP contribution is 2.33. The van der Waals surface area contributed by atoms with E-state index in [0.717, 1.165) is 18.4 Å². The van der Waals surface area contributed by atoms with Crippen LogP contribution in [0.3, 0.4) is 0 Å². The molecule has 5 heteroatoms. The second-order valence-corrected chi connectivity index (χ2v) is 5.31. The van der Waals surface area contributed by atoms with Crippen molar-refractivity contribution >= 4 is 17.5 Å². The molecule has 4 nitrogen and oxygen atoms in total. The average molecular weight is 283 g/mol. The maximum atomic E-state index is 12.0. The van der Waals surface area contributed by atoms with E-state index >= 15 is 0 Å². The molecule has 2 atom stereocenters. The van der Waals surface area contributed by atoms with Gasteiger partial charge in [-0.15, -0.1) is 0 Å². The molecule has 0 saturated carbocycles.